The summed E-state index contributed by atoms with van der Waals surface area (Å²) in [5.41, 5.74) is 2.62. The third kappa shape index (κ3) is 5.13. The Balaban J connectivity index is 1.55. The molecule has 4 aromatic rings. The molecule has 0 fully saturated rings. The van der Waals surface area contributed by atoms with E-state index in [9.17, 15) is 25.5 Å². The van der Waals surface area contributed by atoms with E-state index in [0.29, 0.717) is 62.3 Å². The number of hydrogen-bond donors (Lipinski definition) is 5. The van der Waals surface area contributed by atoms with E-state index in [2.05, 4.69) is 0 Å². The molecule has 0 bridgehead atoms. The Morgan fingerprint density at radius 2 is 1.33 bits per heavy atom. The van der Waals surface area contributed by atoms with E-state index in [0.717, 1.165) is 0 Å². The predicted octanol–water partition coefficient (Wildman–Crippen LogP) is 4.50. The van der Waals surface area contributed by atoms with E-state index >= 15 is 0 Å². The lowest BCUT2D eigenvalue weighted by Crippen LogP contribution is -2.37. The van der Waals surface area contributed by atoms with Gasteiger partial charge in [0.2, 0.25) is 0 Å². The van der Waals surface area contributed by atoms with Crippen LogP contribution in [0.5, 0.6) is 51.7 Å². The summed E-state index contributed by atoms with van der Waals surface area (Å²) in [4.78, 5) is 0. The number of fused-ring (bicyclic) bond motifs is 2. The Labute approximate surface area is 259 Å². The normalized spacial score (nSPS) is 21.9. The third-order valence-corrected chi connectivity index (χ3v) is 8.40. The summed E-state index contributed by atoms with van der Waals surface area (Å²) in [6, 6.07) is 15.7. The van der Waals surface area contributed by atoms with Crippen LogP contribution >= 0.6 is 0 Å². The number of benzene rings is 4. The van der Waals surface area contributed by atoms with Crippen LogP contribution in [0.25, 0.3) is 0 Å². The largest absolute Gasteiger partial charge is 0.508 e. The number of rotatable bonds is 7. The molecule has 0 spiro atoms. The van der Waals surface area contributed by atoms with Crippen molar-refractivity contribution >= 4 is 0 Å². The van der Waals surface area contributed by atoms with Crippen LogP contribution in [0.1, 0.15) is 45.9 Å². The number of aromatic hydroxyl groups is 3. The molecule has 5 atom stereocenters. The summed E-state index contributed by atoms with van der Waals surface area (Å²) in [5.74, 6) is 0.831. The molecular formula is C34H34O11. The lowest BCUT2D eigenvalue weighted by molar-refractivity contribution is 0.00185. The van der Waals surface area contributed by atoms with E-state index < -0.39 is 30.3 Å². The number of ether oxygens (including phenoxy) is 6. The van der Waals surface area contributed by atoms with Crippen LogP contribution in [0.15, 0.2) is 60.7 Å². The van der Waals surface area contributed by atoms with Crippen molar-refractivity contribution in [3.05, 3.63) is 88.5 Å². The van der Waals surface area contributed by atoms with Gasteiger partial charge in [0.25, 0.3) is 0 Å². The summed E-state index contributed by atoms with van der Waals surface area (Å²) in [6.45, 7) is 0. The number of phenols is 3. The summed E-state index contributed by atoms with van der Waals surface area (Å²) in [7, 11) is 6.06. The van der Waals surface area contributed by atoms with Gasteiger partial charge in [0.05, 0.1) is 34.5 Å². The summed E-state index contributed by atoms with van der Waals surface area (Å²) in [6.07, 6.45) is -3.95. The Kier molecular flexibility index (Phi) is 7.90. The van der Waals surface area contributed by atoms with Crippen LogP contribution < -0.4 is 28.4 Å². The van der Waals surface area contributed by atoms with Crippen molar-refractivity contribution in [1.82, 2.24) is 0 Å². The van der Waals surface area contributed by atoms with Crippen molar-refractivity contribution < 1.29 is 54.0 Å². The van der Waals surface area contributed by atoms with Crippen LogP contribution in [-0.4, -0.2) is 66.2 Å². The van der Waals surface area contributed by atoms with Gasteiger partial charge in [0, 0.05) is 41.2 Å². The van der Waals surface area contributed by atoms with Crippen molar-refractivity contribution in [3.8, 4) is 51.7 Å². The quantitative estimate of drug-likeness (QED) is 0.186. The second-order valence-corrected chi connectivity index (χ2v) is 10.9. The number of phenolic OH excluding ortho intramolecular Hbond substituents is 3. The molecule has 45 heavy (non-hydrogen) atoms. The molecule has 236 valence electrons. The number of methoxy groups -OCH3 is 4. The van der Waals surface area contributed by atoms with Crippen molar-refractivity contribution in [1.29, 1.82) is 0 Å². The molecule has 11 nitrogen and oxygen atoms in total. The molecule has 2 aliphatic heterocycles. The van der Waals surface area contributed by atoms with Gasteiger partial charge in [0.15, 0.2) is 29.1 Å². The number of aliphatic hydroxyl groups is 2. The minimum atomic E-state index is -1.27. The Morgan fingerprint density at radius 1 is 0.644 bits per heavy atom. The van der Waals surface area contributed by atoms with Crippen LogP contribution in [0.4, 0.5) is 0 Å². The number of aliphatic hydroxyl groups excluding tert-OH is 2. The zero-order valence-corrected chi connectivity index (χ0v) is 25.1. The van der Waals surface area contributed by atoms with E-state index in [1.54, 1.807) is 30.3 Å². The Bertz CT molecular complexity index is 1740. The zero-order valence-electron chi connectivity index (χ0n) is 25.1. The van der Waals surface area contributed by atoms with Crippen molar-refractivity contribution in [2.24, 2.45) is 0 Å². The van der Waals surface area contributed by atoms with Gasteiger partial charge in [-0.25, -0.2) is 0 Å². The average molecular weight is 619 g/mol. The number of hydrogen-bond acceptors (Lipinski definition) is 11. The molecular weight excluding hydrogens is 584 g/mol. The molecule has 0 amide bonds. The fourth-order valence-corrected chi connectivity index (χ4v) is 6.24. The molecule has 0 aromatic heterocycles. The van der Waals surface area contributed by atoms with Gasteiger partial charge < -0.3 is 54.0 Å². The van der Waals surface area contributed by atoms with Gasteiger partial charge in [0.1, 0.15) is 41.0 Å². The average Bonchev–Trinajstić information content (AvgIpc) is 3.04. The highest BCUT2D eigenvalue weighted by atomic mass is 16.5. The predicted molar refractivity (Wildman–Crippen MR) is 161 cm³/mol. The van der Waals surface area contributed by atoms with Crippen LogP contribution in [0.2, 0.25) is 0 Å². The first kappa shape index (κ1) is 30.0. The lowest BCUT2D eigenvalue weighted by atomic mass is 9.77. The molecule has 11 heteroatoms. The molecule has 0 saturated heterocycles. The van der Waals surface area contributed by atoms with E-state index in [4.69, 9.17) is 28.4 Å². The van der Waals surface area contributed by atoms with Gasteiger partial charge in [-0.1, -0.05) is 18.2 Å². The third-order valence-electron chi connectivity index (χ3n) is 8.40. The highest BCUT2D eigenvalue weighted by Gasteiger charge is 2.45. The van der Waals surface area contributed by atoms with Gasteiger partial charge in [-0.05, 0) is 41.5 Å². The summed E-state index contributed by atoms with van der Waals surface area (Å²) < 4.78 is 35.3. The van der Waals surface area contributed by atoms with E-state index in [1.165, 1.54) is 58.8 Å². The molecule has 2 aliphatic rings. The van der Waals surface area contributed by atoms with Gasteiger partial charge >= 0.3 is 0 Å². The lowest BCUT2D eigenvalue weighted by Gasteiger charge is -2.40. The molecule has 4 aromatic carbocycles. The maximum Gasteiger partial charge on any atom is 0.161 e. The first-order valence-corrected chi connectivity index (χ1v) is 14.2. The van der Waals surface area contributed by atoms with Gasteiger partial charge in [-0.2, -0.15) is 0 Å². The van der Waals surface area contributed by atoms with E-state index in [-0.39, 0.29) is 23.7 Å². The van der Waals surface area contributed by atoms with E-state index in [1.807, 2.05) is 0 Å². The smallest absolute Gasteiger partial charge is 0.161 e. The van der Waals surface area contributed by atoms with Crippen molar-refractivity contribution in [3.63, 3.8) is 0 Å². The zero-order chi connectivity index (χ0) is 32.0. The molecule has 0 aliphatic carbocycles. The highest BCUT2D eigenvalue weighted by Crippen LogP contribution is 2.55. The fourth-order valence-electron chi connectivity index (χ4n) is 6.24. The molecule has 0 saturated carbocycles. The Hall–Kier alpha value is -5.00. The fraction of sp³-hybridized carbons (Fsp3) is 0.294. The van der Waals surface area contributed by atoms with Crippen LogP contribution in [0, 0.1) is 0 Å². The molecule has 5 N–H and O–H groups in total. The van der Waals surface area contributed by atoms with Gasteiger partial charge in [-0.15, -0.1) is 0 Å². The van der Waals surface area contributed by atoms with Crippen LogP contribution in [-0.2, 0) is 6.42 Å². The van der Waals surface area contributed by atoms with Crippen LogP contribution in [0.3, 0.4) is 0 Å². The monoisotopic (exact) mass is 618 g/mol. The molecule has 2 heterocycles. The highest BCUT2D eigenvalue weighted by molar-refractivity contribution is 5.64. The SMILES string of the molecule is COc1ccc([C@H]2Oc3c(c(OC)cc(OC)c3[C@H]3c4ccc(O)cc4O[C@@H](c4ccc(O)c(O)c4)[C@@H]3O)C[C@@H]2O)cc1OC. The molecule has 0 radical (unpaired) electrons. The van der Waals surface area contributed by atoms with Crippen molar-refractivity contribution in [2.45, 2.75) is 36.8 Å². The minimum absolute atomic E-state index is 0.0483. The molecule has 0 unspecified atom stereocenters. The summed E-state index contributed by atoms with van der Waals surface area (Å²) in [5, 5.41) is 53.9. The Morgan fingerprint density at radius 3 is 2.02 bits per heavy atom. The standard InChI is InChI=1S/C34H34O11/c1-40-24-10-6-17(12-27(24)42-3)32-23(38)14-20-25(41-2)15-28(43-4)30(34(20)45-32)29-19-8-7-18(35)13-26(19)44-33(31(29)39)16-5-9-21(36)22(37)11-16/h5-13,15,23,29,31-33,35-39H,14H2,1-4H3/t23-,29+,31+,32+,33-/m0/s1. The molecule has 6 rings (SSSR count). The first-order valence-electron chi connectivity index (χ1n) is 14.2. The van der Waals surface area contributed by atoms with Gasteiger partial charge in [-0.3, -0.25) is 0 Å². The second kappa shape index (κ2) is 11.8. The maximum atomic E-state index is 12.1. The second-order valence-electron chi connectivity index (χ2n) is 10.9. The first-order chi connectivity index (χ1) is 21.7. The maximum absolute atomic E-state index is 12.1. The minimum Gasteiger partial charge on any atom is -0.508 e. The van der Waals surface area contributed by atoms with Crippen molar-refractivity contribution in [2.75, 3.05) is 28.4 Å². The summed E-state index contributed by atoms with van der Waals surface area (Å²) >= 11 is 0. The topological polar surface area (TPSA) is 157 Å².